The third-order valence-electron chi connectivity index (χ3n) is 4.45. The van der Waals surface area contributed by atoms with Crippen LogP contribution in [-0.2, 0) is 4.79 Å². The summed E-state index contributed by atoms with van der Waals surface area (Å²) in [5.74, 6) is 0.0988. The molecule has 1 saturated carbocycles. The molecular weight excluding hydrogens is 288 g/mol. The molecule has 0 aliphatic heterocycles. The molecule has 122 valence electrons. The quantitative estimate of drug-likeness (QED) is 0.915. The van der Waals surface area contributed by atoms with Gasteiger partial charge in [-0.25, -0.2) is 4.68 Å². The minimum atomic E-state index is 0.0242. The number of anilines is 1. The summed E-state index contributed by atoms with van der Waals surface area (Å²) in [6.45, 7) is 4.00. The number of nitrogens with two attached hydrogens (primary N) is 1. The maximum atomic E-state index is 12.4. The van der Waals surface area contributed by atoms with E-state index < -0.39 is 0 Å². The van der Waals surface area contributed by atoms with E-state index in [0.29, 0.717) is 0 Å². The predicted octanol–water partition coefficient (Wildman–Crippen LogP) is 2.95. The van der Waals surface area contributed by atoms with Crippen LogP contribution < -0.4 is 11.1 Å². The van der Waals surface area contributed by atoms with Gasteiger partial charge in [-0.05, 0) is 57.4 Å². The summed E-state index contributed by atoms with van der Waals surface area (Å²) in [4.78, 5) is 12.4. The summed E-state index contributed by atoms with van der Waals surface area (Å²) in [6, 6.07) is 9.99. The van der Waals surface area contributed by atoms with Gasteiger partial charge < -0.3 is 11.1 Å². The van der Waals surface area contributed by atoms with Crippen molar-refractivity contribution in [3.8, 4) is 5.69 Å². The molecule has 1 aromatic carbocycles. The summed E-state index contributed by atoms with van der Waals surface area (Å²) in [6.07, 6.45) is 3.77. The van der Waals surface area contributed by atoms with Gasteiger partial charge in [-0.2, -0.15) is 5.10 Å². The second-order valence-corrected chi connectivity index (χ2v) is 6.50. The molecule has 1 aliphatic rings. The number of nitrogens with zero attached hydrogens (tertiary/aromatic N) is 2. The van der Waals surface area contributed by atoms with Crippen molar-refractivity contribution in [2.45, 2.75) is 45.6 Å². The van der Waals surface area contributed by atoms with E-state index in [1.54, 1.807) is 0 Å². The molecule has 1 aliphatic carbocycles. The molecule has 1 fully saturated rings. The third-order valence-corrected chi connectivity index (χ3v) is 4.45. The summed E-state index contributed by atoms with van der Waals surface area (Å²) >= 11 is 0. The van der Waals surface area contributed by atoms with Gasteiger partial charge in [-0.3, -0.25) is 4.79 Å². The van der Waals surface area contributed by atoms with Gasteiger partial charge in [-0.15, -0.1) is 0 Å². The first-order valence-corrected chi connectivity index (χ1v) is 8.23. The molecule has 2 atom stereocenters. The monoisotopic (exact) mass is 312 g/mol. The summed E-state index contributed by atoms with van der Waals surface area (Å²) in [5.41, 5.74) is 9.79. The minimum Gasteiger partial charge on any atom is -0.328 e. The Morgan fingerprint density at radius 3 is 2.83 bits per heavy atom. The van der Waals surface area contributed by atoms with Crippen molar-refractivity contribution in [3.63, 3.8) is 0 Å². The lowest BCUT2D eigenvalue weighted by molar-refractivity contribution is -0.120. The van der Waals surface area contributed by atoms with Crippen LogP contribution in [0.5, 0.6) is 0 Å². The molecule has 0 saturated heterocycles. The van der Waals surface area contributed by atoms with Gasteiger partial charge in [0.2, 0.25) is 5.91 Å². The largest absolute Gasteiger partial charge is 0.328 e. The van der Waals surface area contributed by atoms with Crippen molar-refractivity contribution < 1.29 is 4.79 Å². The number of carbonyl (C=O) groups is 1. The molecule has 1 amide bonds. The molecule has 0 spiro atoms. The molecule has 5 heteroatoms. The van der Waals surface area contributed by atoms with E-state index in [1.807, 2.05) is 48.9 Å². The van der Waals surface area contributed by atoms with Gasteiger partial charge in [0.15, 0.2) is 0 Å². The summed E-state index contributed by atoms with van der Waals surface area (Å²) in [5, 5.41) is 7.52. The highest BCUT2D eigenvalue weighted by Gasteiger charge is 2.25. The first-order chi connectivity index (χ1) is 11.0. The molecule has 23 heavy (non-hydrogen) atoms. The van der Waals surface area contributed by atoms with E-state index in [-0.39, 0.29) is 17.9 Å². The van der Waals surface area contributed by atoms with E-state index >= 15 is 0 Å². The number of carbonyl (C=O) groups excluding carboxylic acids is 1. The predicted molar refractivity (Wildman–Crippen MR) is 91.6 cm³/mol. The van der Waals surface area contributed by atoms with Gasteiger partial charge in [0, 0.05) is 23.3 Å². The van der Waals surface area contributed by atoms with Crippen molar-refractivity contribution in [1.29, 1.82) is 0 Å². The average molecular weight is 312 g/mol. The normalized spacial score (nSPS) is 21.2. The Hall–Kier alpha value is -2.14. The molecule has 1 aromatic heterocycles. The Bertz CT molecular complexity index is 707. The third kappa shape index (κ3) is 3.62. The van der Waals surface area contributed by atoms with E-state index in [4.69, 9.17) is 5.73 Å². The molecule has 1 heterocycles. The average Bonchev–Trinajstić information content (AvgIpc) is 2.86. The van der Waals surface area contributed by atoms with E-state index in [9.17, 15) is 4.79 Å². The van der Waals surface area contributed by atoms with Crippen molar-refractivity contribution >= 4 is 11.6 Å². The SMILES string of the molecule is Cc1cc(C)n(-c2cccc(NC(=O)C3CCCC(N)C3)c2)n1. The van der Waals surface area contributed by atoms with Crippen LogP contribution in [0.4, 0.5) is 5.69 Å². The molecule has 3 N–H and O–H groups in total. The van der Waals surface area contributed by atoms with Crippen LogP contribution in [0.2, 0.25) is 0 Å². The fourth-order valence-electron chi connectivity index (χ4n) is 3.32. The highest BCUT2D eigenvalue weighted by atomic mass is 16.1. The van der Waals surface area contributed by atoms with Gasteiger partial charge in [-0.1, -0.05) is 12.5 Å². The van der Waals surface area contributed by atoms with Gasteiger partial charge in [0.05, 0.1) is 11.4 Å². The van der Waals surface area contributed by atoms with E-state index in [1.165, 1.54) is 0 Å². The van der Waals surface area contributed by atoms with E-state index in [2.05, 4.69) is 10.4 Å². The Morgan fingerprint density at radius 2 is 2.13 bits per heavy atom. The number of hydrogen-bond donors (Lipinski definition) is 2. The maximum Gasteiger partial charge on any atom is 0.227 e. The Labute approximate surface area is 136 Å². The maximum absolute atomic E-state index is 12.4. The molecule has 2 aromatic rings. The number of benzene rings is 1. The van der Waals surface area contributed by atoms with Crippen molar-refractivity contribution in [2.75, 3.05) is 5.32 Å². The molecule has 5 nitrogen and oxygen atoms in total. The highest BCUT2D eigenvalue weighted by Crippen LogP contribution is 2.25. The van der Waals surface area contributed by atoms with Crippen LogP contribution in [0.25, 0.3) is 5.69 Å². The second kappa shape index (κ2) is 6.54. The number of aromatic nitrogens is 2. The summed E-state index contributed by atoms with van der Waals surface area (Å²) in [7, 11) is 0. The lowest BCUT2D eigenvalue weighted by Gasteiger charge is -2.25. The zero-order valence-electron chi connectivity index (χ0n) is 13.7. The Kier molecular flexibility index (Phi) is 4.48. The number of amides is 1. The molecule has 2 unspecified atom stereocenters. The van der Waals surface area contributed by atoms with Crippen LogP contribution in [0, 0.1) is 19.8 Å². The lowest BCUT2D eigenvalue weighted by Crippen LogP contribution is -2.34. The fourth-order valence-corrected chi connectivity index (χ4v) is 3.32. The summed E-state index contributed by atoms with van der Waals surface area (Å²) < 4.78 is 1.89. The van der Waals surface area contributed by atoms with Crippen molar-refractivity contribution in [1.82, 2.24) is 9.78 Å². The van der Waals surface area contributed by atoms with Crippen molar-refractivity contribution in [2.24, 2.45) is 11.7 Å². The Balaban J connectivity index is 1.75. The highest BCUT2D eigenvalue weighted by molar-refractivity contribution is 5.92. The van der Waals surface area contributed by atoms with E-state index in [0.717, 1.165) is 48.4 Å². The second-order valence-electron chi connectivity index (χ2n) is 6.50. The molecule has 3 rings (SSSR count). The number of nitrogens with one attached hydrogen (secondary N) is 1. The molecular formula is C18H24N4O. The number of rotatable bonds is 3. The standard InChI is InChI=1S/C18H24N4O/c1-12-9-13(2)22(21-12)17-8-4-7-16(11-17)20-18(23)14-5-3-6-15(19)10-14/h4,7-9,11,14-15H,3,5-6,10,19H2,1-2H3,(H,20,23). The molecule has 0 radical (unpaired) electrons. The van der Waals surface area contributed by atoms with Crippen LogP contribution in [0.1, 0.15) is 37.1 Å². The zero-order chi connectivity index (χ0) is 16.4. The number of hydrogen-bond acceptors (Lipinski definition) is 3. The van der Waals surface area contributed by atoms with Gasteiger partial charge >= 0.3 is 0 Å². The van der Waals surface area contributed by atoms with Gasteiger partial charge in [0.25, 0.3) is 0 Å². The first-order valence-electron chi connectivity index (χ1n) is 8.23. The zero-order valence-corrected chi connectivity index (χ0v) is 13.7. The first kappa shape index (κ1) is 15.7. The number of aryl methyl sites for hydroxylation is 2. The lowest BCUT2D eigenvalue weighted by atomic mass is 9.85. The molecule has 0 bridgehead atoms. The van der Waals surface area contributed by atoms with Crippen LogP contribution >= 0.6 is 0 Å². The Morgan fingerprint density at radius 1 is 1.30 bits per heavy atom. The van der Waals surface area contributed by atoms with Crippen LogP contribution in [0.15, 0.2) is 30.3 Å². The van der Waals surface area contributed by atoms with Gasteiger partial charge in [0.1, 0.15) is 0 Å². The topological polar surface area (TPSA) is 72.9 Å². The van der Waals surface area contributed by atoms with Crippen LogP contribution in [-0.4, -0.2) is 21.7 Å². The van der Waals surface area contributed by atoms with Crippen molar-refractivity contribution in [3.05, 3.63) is 41.7 Å². The fraction of sp³-hybridized carbons (Fsp3) is 0.444. The smallest absolute Gasteiger partial charge is 0.227 e. The van der Waals surface area contributed by atoms with Crippen LogP contribution in [0.3, 0.4) is 0 Å². The minimum absolute atomic E-state index is 0.0242.